The van der Waals surface area contributed by atoms with E-state index in [-0.39, 0.29) is 5.60 Å². The zero-order valence-electron chi connectivity index (χ0n) is 7.97. The van der Waals surface area contributed by atoms with Crippen LogP contribution in [0.4, 0.5) is 0 Å². The minimum Gasteiger partial charge on any atom is -0.370 e. The molecular formula is C12H14O. The zero-order chi connectivity index (χ0) is 8.89. The minimum absolute atomic E-state index is 0.140. The van der Waals surface area contributed by atoms with Crippen molar-refractivity contribution in [2.24, 2.45) is 0 Å². The van der Waals surface area contributed by atoms with E-state index >= 15 is 0 Å². The van der Waals surface area contributed by atoms with Gasteiger partial charge < -0.3 is 4.74 Å². The second kappa shape index (κ2) is 2.36. The SMILES string of the molecule is Cc1cccc2c1CCC21CCO1. The Balaban J connectivity index is 2.16. The molecule has 1 unspecified atom stereocenters. The van der Waals surface area contributed by atoms with Gasteiger partial charge in [-0.2, -0.15) is 0 Å². The molecule has 3 rings (SSSR count). The molecule has 1 nitrogen and oxygen atoms in total. The molecule has 1 aliphatic carbocycles. The van der Waals surface area contributed by atoms with Gasteiger partial charge in [0.25, 0.3) is 0 Å². The Hall–Kier alpha value is -0.820. The largest absolute Gasteiger partial charge is 0.370 e. The zero-order valence-corrected chi connectivity index (χ0v) is 7.97. The lowest BCUT2D eigenvalue weighted by molar-refractivity contribution is -0.152. The number of fused-ring (bicyclic) bond motifs is 2. The van der Waals surface area contributed by atoms with Crippen LogP contribution in [0.1, 0.15) is 29.5 Å². The Morgan fingerprint density at radius 3 is 2.85 bits per heavy atom. The predicted molar refractivity (Wildman–Crippen MR) is 51.7 cm³/mol. The fraction of sp³-hybridized carbons (Fsp3) is 0.500. The molecule has 1 saturated heterocycles. The third kappa shape index (κ3) is 0.856. The first-order valence-corrected chi connectivity index (χ1v) is 5.05. The lowest BCUT2D eigenvalue weighted by Gasteiger charge is -2.39. The molecule has 1 aromatic carbocycles. The maximum absolute atomic E-state index is 5.76. The van der Waals surface area contributed by atoms with E-state index in [4.69, 9.17) is 4.74 Å². The molecule has 1 heterocycles. The first-order valence-electron chi connectivity index (χ1n) is 5.05. The van der Waals surface area contributed by atoms with Gasteiger partial charge in [0.2, 0.25) is 0 Å². The summed E-state index contributed by atoms with van der Waals surface area (Å²) < 4.78 is 5.76. The van der Waals surface area contributed by atoms with E-state index in [0.717, 1.165) is 6.61 Å². The van der Waals surface area contributed by atoms with Crippen molar-refractivity contribution < 1.29 is 4.74 Å². The normalized spacial score (nSPS) is 30.2. The molecule has 0 N–H and O–H groups in total. The van der Waals surface area contributed by atoms with Crippen molar-refractivity contribution in [2.75, 3.05) is 6.61 Å². The quantitative estimate of drug-likeness (QED) is 0.587. The Bertz CT molecular complexity index is 350. The number of hydrogen-bond acceptors (Lipinski definition) is 1. The lowest BCUT2D eigenvalue weighted by atomic mass is 9.88. The highest BCUT2D eigenvalue weighted by molar-refractivity contribution is 5.43. The first kappa shape index (κ1) is 7.57. The average Bonchev–Trinajstić information content (AvgIpc) is 2.44. The van der Waals surface area contributed by atoms with Crippen LogP contribution in [-0.2, 0) is 16.8 Å². The van der Waals surface area contributed by atoms with Gasteiger partial charge in [-0.05, 0) is 36.5 Å². The molecule has 1 heteroatoms. The number of ether oxygens (including phenoxy) is 1. The fourth-order valence-corrected chi connectivity index (χ4v) is 2.68. The third-order valence-electron chi connectivity index (χ3n) is 3.56. The van der Waals surface area contributed by atoms with Crippen LogP contribution in [0.2, 0.25) is 0 Å². The third-order valence-corrected chi connectivity index (χ3v) is 3.56. The lowest BCUT2D eigenvalue weighted by Crippen LogP contribution is -2.38. The average molecular weight is 174 g/mol. The molecule has 2 aliphatic rings. The summed E-state index contributed by atoms with van der Waals surface area (Å²) in [6.07, 6.45) is 3.64. The summed E-state index contributed by atoms with van der Waals surface area (Å²) in [5.41, 5.74) is 4.59. The van der Waals surface area contributed by atoms with Gasteiger partial charge in [-0.25, -0.2) is 0 Å². The summed E-state index contributed by atoms with van der Waals surface area (Å²) in [5.74, 6) is 0. The van der Waals surface area contributed by atoms with Gasteiger partial charge in [-0.15, -0.1) is 0 Å². The van der Waals surface area contributed by atoms with E-state index in [0.29, 0.717) is 0 Å². The van der Waals surface area contributed by atoms with E-state index in [2.05, 4.69) is 25.1 Å². The molecular weight excluding hydrogens is 160 g/mol. The van der Waals surface area contributed by atoms with Gasteiger partial charge in [0.15, 0.2) is 0 Å². The van der Waals surface area contributed by atoms with Crippen LogP contribution in [0, 0.1) is 6.92 Å². The van der Waals surface area contributed by atoms with Crippen LogP contribution >= 0.6 is 0 Å². The van der Waals surface area contributed by atoms with Gasteiger partial charge in [0.1, 0.15) is 0 Å². The smallest absolute Gasteiger partial charge is 0.0959 e. The van der Waals surface area contributed by atoms with E-state index in [1.165, 1.54) is 30.4 Å². The van der Waals surface area contributed by atoms with Crippen LogP contribution in [-0.4, -0.2) is 6.61 Å². The van der Waals surface area contributed by atoms with Crippen molar-refractivity contribution in [1.82, 2.24) is 0 Å². The van der Waals surface area contributed by atoms with Crippen LogP contribution in [0.3, 0.4) is 0 Å². The van der Waals surface area contributed by atoms with Crippen LogP contribution in [0.15, 0.2) is 18.2 Å². The second-order valence-electron chi connectivity index (χ2n) is 4.19. The molecule has 0 saturated carbocycles. The summed E-state index contributed by atoms with van der Waals surface area (Å²) >= 11 is 0. The van der Waals surface area contributed by atoms with E-state index in [1.54, 1.807) is 5.56 Å². The summed E-state index contributed by atoms with van der Waals surface area (Å²) in [6, 6.07) is 6.61. The van der Waals surface area contributed by atoms with Crippen molar-refractivity contribution in [3.05, 3.63) is 34.9 Å². The van der Waals surface area contributed by atoms with Crippen LogP contribution in [0.5, 0.6) is 0 Å². The van der Waals surface area contributed by atoms with Crippen LogP contribution < -0.4 is 0 Å². The molecule has 0 bridgehead atoms. The molecule has 1 fully saturated rings. The van der Waals surface area contributed by atoms with Gasteiger partial charge in [-0.3, -0.25) is 0 Å². The van der Waals surface area contributed by atoms with E-state index in [1.807, 2.05) is 0 Å². The Morgan fingerprint density at radius 2 is 2.15 bits per heavy atom. The highest BCUT2D eigenvalue weighted by atomic mass is 16.5. The van der Waals surface area contributed by atoms with Crippen LogP contribution in [0.25, 0.3) is 0 Å². The topological polar surface area (TPSA) is 9.23 Å². The first-order chi connectivity index (χ1) is 6.32. The van der Waals surface area contributed by atoms with Crippen molar-refractivity contribution in [3.63, 3.8) is 0 Å². The highest BCUT2D eigenvalue weighted by Gasteiger charge is 2.45. The Labute approximate surface area is 78.7 Å². The molecule has 68 valence electrons. The summed E-state index contributed by atoms with van der Waals surface area (Å²) in [7, 11) is 0. The van der Waals surface area contributed by atoms with Crippen molar-refractivity contribution in [1.29, 1.82) is 0 Å². The number of rotatable bonds is 0. The van der Waals surface area contributed by atoms with Crippen molar-refractivity contribution in [2.45, 2.75) is 31.8 Å². The highest BCUT2D eigenvalue weighted by Crippen LogP contribution is 2.48. The number of hydrogen-bond donors (Lipinski definition) is 0. The second-order valence-corrected chi connectivity index (χ2v) is 4.19. The van der Waals surface area contributed by atoms with E-state index in [9.17, 15) is 0 Å². The number of aryl methyl sites for hydroxylation is 1. The minimum atomic E-state index is 0.140. The molecule has 1 spiro atoms. The maximum Gasteiger partial charge on any atom is 0.0959 e. The van der Waals surface area contributed by atoms with Crippen molar-refractivity contribution in [3.8, 4) is 0 Å². The van der Waals surface area contributed by atoms with Crippen molar-refractivity contribution >= 4 is 0 Å². The summed E-state index contributed by atoms with van der Waals surface area (Å²) in [4.78, 5) is 0. The van der Waals surface area contributed by atoms with Gasteiger partial charge >= 0.3 is 0 Å². The molecule has 0 amide bonds. The molecule has 13 heavy (non-hydrogen) atoms. The molecule has 1 aromatic rings. The molecule has 0 aromatic heterocycles. The summed E-state index contributed by atoms with van der Waals surface area (Å²) in [6.45, 7) is 3.16. The molecule has 0 radical (unpaired) electrons. The maximum atomic E-state index is 5.76. The Morgan fingerprint density at radius 1 is 1.31 bits per heavy atom. The van der Waals surface area contributed by atoms with Gasteiger partial charge in [0, 0.05) is 6.42 Å². The number of benzene rings is 1. The summed E-state index contributed by atoms with van der Waals surface area (Å²) in [5, 5.41) is 0. The van der Waals surface area contributed by atoms with Gasteiger partial charge in [0.05, 0.1) is 12.2 Å². The van der Waals surface area contributed by atoms with E-state index < -0.39 is 0 Å². The molecule has 1 atom stereocenters. The predicted octanol–water partition coefficient (Wildman–Crippen LogP) is 2.56. The monoisotopic (exact) mass is 174 g/mol. The Kier molecular flexibility index (Phi) is 1.37. The fourth-order valence-electron chi connectivity index (χ4n) is 2.68. The molecule has 1 aliphatic heterocycles. The van der Waals surface area contributed by atoms with Gasteiger partial charge in [-0.1, -0.05) is 18.2 Å². The standard InChI is InChI=1S/C12H14O/c1-9-3-2-4-11-10(9)5-6-12(11)7-8-13-12/h2-4H,5-8H2,1H3.